The fraction of sp³-hybridized carbons (Fsp3) is 0.500. The van der Waals surface area contributed by atoms with E-state index in [4.69, 9.17) is 18.9 Å². The van der Waals surface area contributed by atoms with E-state index in [1.165, 1.54) is 20.8 Å². The fourth-order valence-electron chi connectivity index (χ4n) is 2.97. The minimum Gasteiger partial charge on any atom is -0.456 e. The minimum absolute atomic E-state index is 0.551. The molecule has 0 amide bonds. The second-order valence-corrected chi connectivity index (χ2v) is 6.95. The first-order chi connectivity index (χ1) is 12.2. The molecule has 0 aromatic heterocycles. The molecule has 0 spiro atoms. The number of hydrogen-bond acceptors (Lipinski definition) is 7. The van der Waals surface area contributed by atoms with E-state index in [0.29, 0.717) is 0 Å². The number of carbonyl (C=O) groups excluding carboxylic acids is 3. The van der Waals surface area contributed by atoms with Crippen molar-refractivity contribution in [3.05, 3.63) is 34.3 Å². The number of hydrogen-bond donors (Lipinski definition) is 0. The van der Waals surface area contributed by atoms with Crippen molar-refractivity contribution in [2.75, 3.05) is 0 Å². The maximum atomic E-state index is 11.7. The van der Waals surface area contributed by atoms with Crippen LogP contribution < -0.4 is 0 Å². The van der Waals surface area contributed by atoms with Gasteiger partial charge >= 0.3 is 17.9 Å². The first-order valence-electron chi connectivity index (χ1n) is 8.11. The van der Waals surface area contributed by atoms with Gasteiger partial charge in [0.1, 0.15) is 6.10 Å². The SMILES string of the molecule is CC(=O)O[C@H]1[C@H](OC(C)=O)[C@@H](c2cccc(Br)c2)O[C@H](C)[C@H]1OC(C)=O. The molecule has 2 rings (SSSR count). The van der Waals surface area contributed by atoms with Gasteiger partial charge in [0.05, 0.1) is 6.10 Å². The number of esters is 3. The normalized spacial score (nSPS) is 28.1. The average molecular weight is 429 g/mol. The molecule has 0 unspecified atom stereocenters. The molecular formula is C18H21BrO7. The Labute approximate surface area is 160 Å². The molecule has 0 N–H and O–H groups in total. The highest BCUT2D eigenvalue weighted by Gasteiger charge is 2.50. The van der Waals surface area contributed by atoms with Crippen LogP contribution in [0.2, 0.25) is 0 Å². The molecular weight excluding hydrogens is 408 g/mol. The highest BCUT2D eigenvalue weighted by atomic mass is 79.9. The largest absolute Gasteiger partial charge is 0.456 e. The van der Waals surface area contributed by atoms with Crippen LogP contribution in [0.4, 0.5) is 0 Å². The lowest BCUT2D eigenvalue weighted by molar-refractivity contribution is -0.245. The summed E-state index contributed by atoms with van der Waals surface area (Å²) in [6, 6.07) is 7.31. The summed E-state index contributed by atoms with van der Waals surface area (Å²) in [4.78, 5) is 34.8. The Morgan fingerprint density at radius 3 is 2.00 bits per heavy atom. The number of benzene rings is 1. The molecule has 7 nitrogen and oxygen atoms in total. The molecule has 0 aliphatic carbocycles. The van der Waals surface area contributed by atoms with Crippen molar-refractivity contribution in [3.63, 3.8) is 0 Å². The zero-order chi connectivity index (χ0) is 19.4. The van der Waals surface area contributed by atoms with Crippen LogP contribution in [0.5, 0.6) is 0 Å². The van der Waals surface area contributed by atoms with Gasteiger partial charge in [0.2, 0.25) is 0 Å². The van der Waals surface area contributed by atoms with Gasteiger partial charge in [-0.1, -0.05) is 28.1 Å². The fourth-order valence-corrected chi connectivity index (χ4v) is 3.38. The summed E-state index contributed by atoms with van der Waals surface area (Å²) in [6.45, 7) is 5.45. The van der Waals surface area contributed by atoms with Crippen molar-refractivity contribution in [1.29, 1.82) is 0 Å². The van der Waals surface area contributed by atoms with E-state index in [-0.39, 0.29) is 0 Å². The number of ether oxygens (including phenoxy) is 4. The molecule has 1 aromatic rings. The van der Waals surface area contributed by atoms with E-state index < -0.39 is 48.4 Å². The van der Waals surface area contributed by atoms with Crippen molar-refractivity contribution >= 4 is 33.8 Å². The standard InChI is InChI=1S/C18H21BrO7/c1-9-15(24-10(2)20)17(25-11(3)21)18(26-12(4)22)16(23-9)13-6-5-7-14(19)8-13/h5-9,15-18H,1-4H3/t9-,15-,16-,17-,18-/m1/s1. The van der Waals surface area contributed by atoms with Gasteiger partial charge in [0.15, 0.2) is 18.3 Å². The first-order valence-corrected chi connectivity index (χ1v) is 8.91. The summed E-state index contributed by atoms with van der Waals surface area (Å²) >= 11 is 3.40. The lowest BCUT2D eigenvalue weighted by Gasteiger charge is -2.44. The predicted octanol–water partition coefficient (Wildman–Crippen LogP) is 2.70. The zero-order valence-corrected chi connectivity index (χ0v) is 16.5. The van der Waals surface area contributed by atoms with Gasteiger partial charge in [-0.15, -0.1) is 0 Å². The first kappa shape index (κ1) is 20.4. The van der Waals surface area contributed by atoms with Crippen LogP contribution in [0.3, 0.4) is 0 Å². The van der Waals surface area contributed by atoms with E-state index in [9.17, 15) is 14.4 Å². The average Bonchev–Trinajstić information content (AvgIpc) is 2.52. The third-order valence-corrected chi connectivity index (χ3v) is 4.35. The van der Waals surface area contributed by atoms with Crippen LogP contribution in [-0.2, 0) is 33.3 Å². The third kappa shape index (κ3) is 5.04. The van der Waals surface area contributed by atoms with Crippen molar-refractivity contribution in [2.24, 2.45) is 0 Å². The Bertz CT molecular complexity index is 690. The van der Waals surface area contributed by atoms with Gasteiger partial charge < -0.3 is 18.9 Å². The quantitative estimate of drug-likeness (QED) is 0.537. The van der Waals surface area contributed by atoms with Crippen molar-refractivity contribution < 1.29 is 33.3 Å². The van der Waals surface area contributed by atoms with Crippen LogP contribution in [0.15, 0.2) is 28.7 Å². The molecule has 26 heavy (non-hydrogen) atoms. The molecule has 1 saturated heterocycles. The van der Waals surface area contributed by atoms with Gasteiger partial charge in [-0.25, -0.2) is 0 Å². The summed E-state index contributed by atoms with van der Waals surface area (Å²) in [5.74, 6) is -1.69. The van der Waals surface area contributed by atoms with Crippen LogP contribution >= 0.6 is 15.9 Å². The topological polar surface area (TPSA) is 88.1 Å². The molecule has 8 heteroatoms. The van der Waals surface area contributed by atoms with E-state index >= 15 is 0 Å². The van der Waals surface area contributed by atoms with E-state index in [2.05, 4.69) is 15.9 Å². The molecule has 5 atom stereocenters. The number of carbonyl (C=O) groups is 3. The highest BCUT2D eigenvalue weighted by Crippen LogP contribution is 2.37. The Kier molecular flexibility index (Phi) is 6.77. The number of halogens is 1. The zero-order valence-electron chi connectivity index (χ0n) is 14.9. The van der Waals surface area contributed by atoms with Gasteiger partial charge in [-0.05, 0) is 24.6 Å². The summed E-state index contributed by atoms with van der Waals surface area (Å²) in [5.41, 5.74) is 0.732. The van der Waals surface area contributed by atoms with Gasteiger partial charge in [-0.3, -0.25) is 14.4 Å². The lowest BCUT2D eigenvalue weighted by atomic mass is 9.91. The molecule has 1 fully saturated rings. The van der Waals surface area contributed by atoms with Crippen LogP contribution in [0.25, 0.3) is 0 Å². The van der Waals surface area contributed by atoms with Crippen molar-refractivity contribution in [1.82, 2.24) is 0 Å². The highest BCUT2D eigenvalue weighted by molar-refractivity contribution is 9.10. The van der Waals surface area contributed by atoms with Crippen LogP contribution in [0, 0.1) is 0 Å². The Morgan fingerprint density at radius 2 is 1.46 bits per heavy atom. The molecule has 0 radical (unpaired) electrons. The monoisotopic (exact) mass is 428 g/mol. The molecule has 0 saturated carbocycles. The maximum Gasteiger partial charge on any atom is 0.303 e. The summed E-state index contributed by atoms with van der Waals surface area (Å²) in [7, 11) is 0. The van der Waals surface area contributed by atoms with Crippen LogP contribution in [-0.4, -0.2) is 42.3 Å². The van der Waals surface area contributed by atoms with Gasteiger partial charge in [0, 0.05) is 25.2 Å². The van der Waals surface area contributed by atoms with E-state index in [0.717, 1.165) is 10.0 Å². The molecule has 1 aliphatic heterocycles. The Balaban J connectivity index is 2.46. The molecule has 1 heterocycles. The van der Waals surface area contributed by atoms with E-state index in [1.807, 2.05) is 24.3 Å². The Hall–Kier alpha value is -1.93. The van der Waals surface area contributed by atoms with Gasteiger partial charge in [-0.2, -0.15) is 0 Å². The maximum absolute atomic E-state index is 11.7. The number of rotatable bonds is 4. The van der Waals surface area contributed by atoms with Crippen molar-refractivity contribution in [3.8, 4) is 0 Å². The van der Waals surface area contributed by atoms with Crippen molar-refractivity contribution in [2.45, 2.75) is 58.2 Å². The molecule has 1 aromatic carbocycles. The van der Waals surface area contributed by atoms with Crippen LogP contribution in [0.1, 0.15) is 39.4 Å². The van der Waals surface area contributed by atoms with Gasteiger partial charge in [0.25, 0.3) is 0 Å². The minimum atomic E-state index is -0.993. The smallest absolute Gasteiger partial charge is 0.303 e. The third-order valence-electron chi connectivity index (χ3n) is 3.85. The lowest BCUT2D eigenvalue weighted by Crippen LogP contribution is -2.57. The van der Waals surface area contributed by atoms with E-state index in [1.54, 1.807) is 6.92 Å². The summed E-state index contributed by atoms with van der Waals surface area (Å²) in [5, 5.41) is 0. The predicted molar refractivity (Wildman–Crippen MR) is 94.1 cm³/mol. The second kappa shape index (κ2) is 8.64. The summed E-state index contributed by atoms with van der Waals surface area (Å²) in [6.07, 6.45) is -4.13. The summed E-state index contributed by atoms with van der Waals surface area (Å²) < 4.78 is 22.9. The second-order valence-electron chi connectivity index (χ2n) is 6.04. The molecule has 142 valence electrons. The molecule has 1 aliphatic rings. The molecule has 0 bridgehead atoms. The Morgan fingerprint density at radius 1 is 0.923 bits per heavy atom.